The van der Waals surface area contributed by atoms with Crippen LogP contribution in [0, 0.1) is 0 Å². The summed E-state index contributed by atoms with van der Waals surface area (Å²) in [5, 5.41) is 3.47. The number of hydrogen-bond acceptors (Lipinski definition) is 7. The molecular weight excluding hydrogens is 510 g/mol. The van der Waals surface area contributed by atoms with Crippen LogP contribution in [0.25, 0.3) is 0 Å². The molecule has 3 aliphatic rings. The maximum Gasteiger partial charge on any atom is 0.337 e. The first kappa shape index (κ1) is 27.4. The molecule has 39 heavy (non-hydrogen) atoms. The van der Waals surface area contributed by atoms with Crippen LogP contribution < -0.4 is 14.8 Å². The molecule has 206 valence electrons. The lowest BCUT2D eigenvalue weighted by atomic mass is 9.71. The predicted molar refractivity (Wildman–Crippen MR) is 153 cm³/mol. The van der Waals surface area contributed by atoms with E-state index in [-0.39, 0.29) is 23.8 Å². The van der Waals surface area contributed by atoms with Crippen LogP contribution in [0.1, 0.15) is 74.8 Å². The van der Waals surface area contributed by atoms with Gasteiger partial charge in [0.25, 0.3) is 0 Å². The number of benzene rings is 2. The molecule has 0 spiro atoms. The summed E-state index contributed by atoms with van der Waals surface area (Å²) in [7, 11) is 3.23. The monoisotopic (exact) mass is 547 g/mol. The zero-order valence-corrected chi connectivity index (χ0v) is 24.0. The van der Waals surface area contributed by atoms with E-state index in [9.17, 15) is 9.59 Å². The molecule has 0 amide bonds. The normalized spacial score (nSPS) is 21.8. The summed E-state index contributed by atoms with van der Waals surface area (Å²) in [4.78, 5) is 28.8. The number of carbonyl (C=O) groups excluding carboxylic acids is 2. The highest BCUT2D eigenvalue weighted by Gasteiger charge is 2.42. The van der Waals surface area contributed by atoms with Crippen molar-refractivity contribution in [1.82, 2.24) is 5.32 Å². The summed E-state index contributed by atoms with van der Waals surface area (Å²) in [6, 6.07) is 14.0. The highest BCUT2D eigenvalue weighted by molar-refractivity contribution is 7.98. The largest absolute Gasteiger partial charge is 0.493 e. The maximum atomic E-state index is 13.9. The Kier molecular flexibility index (Phi) is 8.36. The predicted octanol–water partition coefficient (Wildman–Crippen LogP) is 6.66. The highest BCUT2D eigenvalue weighted by atomic mass is 32.2. The molecule has 6 nitrogen and oxygen atoms in total. The second-order valence-electron chi connectivity index (χ2n) is 10.6. The van der Waals surface area contributed by atoms with Crippen LogP contribution in [0.15, 0.2) is 69.9 Å². The van der Waals surface area contributed by atoms with Gasteiger partial charge in [0.2, 0.25) is 0 Å². The minimum Gasteiger partial charge on any atom is -0.493 e. The van der Waals surface area contributed by atoms with Crippen LogP contribution in [0.2, 0.25) is 0 Å². The number of thioether (sulfide) groups is 1. The van der Waals surface area contributed by atoms with Crippen molar-refractivity contribution in [2.45, 2.75) is 74.7 Å². The average Bonchev–Trinajstić information content (AvgIpc) is 2.96. The smallest absolute Gasteiger partial charge is 0.337 e. The molecule has 2 aliphatic carbocycles. The number of dihydropyridines is 1. The van der Waals surface area contributed by atoms with Crippen LogP contribution >= 0.6 is 11.8 Å². The summed E-state index contributed by atoms with van der Waals surface area (Å²) in [5.41, 5.74) is 4.85. The quantitative estimate of drug-likeness (QED) is 0.307. The Hall–Kier alpha value is -3.19. The lowest BCUT2D eigenvalue weighted by Gasteiger charge is -2.37. The number of Topliss-reactive ketones (excluding diaryl/α,β-unsaturated/α-hetero) is 1. The van der Waals surface area contributed by atoms with Crippen molar-refractivity contribution >= 4 is 23.5 Å². The SMILES string of the molecule is COc1ccc([C@@H]2CC(=O)C3=C(C2)NC(C)=C(C(=O)OC2CCCCC2)[C@H]3c2ccc(SC)cc2)cc1OC. The van der Waals surface area contributed by atoms with Gasteiger partial charge in [-0.2, -0.15) is 0 Å². The molecule has 1 fully saturated rings. The van der Waals surface area contributed by atoms with Gasteiger partial charge < -0.3 is 19.5 Å². The first-order valence-corrected chi connectivity index (χ1v) is 15.0. The summed E-state index contributed by atoms with van der Waals surface area (Å²) in [6.45, 7) is 1.93. The number of hydrogen-bond donors (Lipinski definition) is 1. The average molecular weight is 548 g/mol. The Morgan fingerprint density at radius 1 is 0.923 bits per heavy atom. The third kappa shape index (κ3) is 5.60. The van der Waals surface area contributed by atoms with Crippen molar-refractivity contribution in [3.8, 4) is 11.5 Å². The first-order chi connectivity index (χ1) is 18.9. The number of nitrogens with one attached hydrogen (secondary N) is 1. The molecule has 5 rings (SSSR count). The number of carbonyl (C=O) groups is 2. The van der Waals surface area contributed by atoms with Crippen LogP contribution in [-0.4, -0.2) is 38.3 Å². The van der Waals surface area contributed by atoms with Gasteiger partial charge in [0.05, 0.1) is 19.8 Å². The van der Waals surface area contributed by atoms with Gasteiger partial charge in [-0.15, -0.1) is 11.8 Å². The zero-order valence-electron chi connectivity index (χ0n) is 23.2. The van der Waals surface area contributed by atoms with Crippen LogP contribution in [0.4, 0.5) is 0 Å². The molecule has 2 atom stereocenters. The Morgan fingerprint density at radius 3 is 2.28 bits per heavy atom. The molecule has 1 aliphatic heterocycles. The third-order valence-corrected chi connectivity index (χ3v) is 8.95. The van der Waals surface area contributed by atoms with Gasteiger partial charge in [-0.05, 0) is 86.6 Å². The summed E-state index contributed by atoms with van der Waals surface area (Å²) < 4.78 is 17.0. The second kappa shape index (κ2) is 11.9. The summed E-state index contributed by atoms with van der Waals surface area (Å²) >= 11 is 1.67. The van der Waals surface area contributed by atoms with Gasteiger partial charge in [-0.1, -0.05) is 24.6 Å². The minimum absolute atomic E-state index is 0.00776. The molecule has 0 saturated heterocycles. The molecule has 0 bridgehead atoms. The number of rotatable bonds is 7. The first-order valence-electron chi connectivity index (χ1n) is 13.7. The van der Waals surface area contributed by atoms with E-state index in [1.807, 2.05) is 43.5 Å². The van der Waals surface area contributed by atoms with E-state index >= 15 is 0 Å². The molecular formula is C32H37NO5S. The Morgan fingerprint density at radius 2 is 1.62 bits per heavy atom. The highest BCUT2D eigenvalue weighted by Crippen LogP contribution is 2.47. The fourth-order valence-corrected chi connectivity index (χ4v) is 6.59. The third-order valence-electron chi connectivity index (χ3n) is 8.20. The zero-order chi connectivity index (χ0) is 27.5. The van der Waals surface area contributed by atoms with Crippen molar-refractivity contribution in [3.05, 3.63) is 76.1 Å². The number of esters is 1. The van der Waals surface area contributed by atoms with Crippen molar-refractivity contribution in [3.63, 3.8) is 0 Å². The van der Waals surface area contributed by atoms with Crippen molar-refractivity contribution in [1.29, 1.82) is 0 Å². The van der Waals surface area contributed by atoms with E-state index in [1.165, 1.54) is 6.42 Å². The van der Waals surface area contributed by atoms with E-state index in [4.69, 9.17) is 14.2 Å². The Labute approximate surface area is 235 Å². The molecule has 2 aromatic rings. The number of allylic oxidation sites excluding steroid dienone is 3. The van der Waals surface area contributed by atoms with E-state index < -0.39 is 5.92 Å². The van der Waals surface area contributed by atoms with Gasteiger partial charge in [-0.3, -0.25) is 4.79 Å². The van der Waals surface area contributed by atoms with Gasteiger partial charge in [0.1, 0.15) is 6.10 Å². The molecule has 0 radical (unpaired) electrons. The van der Waals surface area contributed by atoms with E-state index in [0.717, 1.165) is 53.1 Å². The fraction of sp³-hybridized carbons (Fsp3) is 0.438. The van der Waals surface area contributed by atoms with E-state index in [0.29, 0.717) is 35.5 Å². The van der Waals surface area contributed by atoms with Crippen molar-refractivity contribution < 1.29 is 23.8 Å². The second-order valence-corrected chi connectivity index (χ2v) is 11.4. The minimum atomic E-state index is -0.452. The lowest BCUT2D eigenvalue weighted by Crippen LogP contribution is -2.37. The number of ether oxygens (including phenoxy) is 3. The number of ketones is 1. The van der Waals surface area contributed by atoms with E-state index in [2.05, 4.69) is 17.4 Å². The molecule has 1 heterocycles. The lowest BCUT2D eigenvalue weighted by molar-refractivity contribution is -0.146. The Bertz CT molecular complexity index is 1310. The van der Waals surface area contributed by atoms with Crippen molar-refractivity contribution in [2.24, 2.45) is 0 Å². The van der Waals surface area contributed by atoms with Crippen LogP contribution in [0.3, 0.4) is 0 Å². The Balaban J connectivity index is 1.51. The molecule has 7 heteroatoms. The van der Waals surface area contributed by atoms with Crippen molar-refractivity contribution in [2.75, 3.05) is 20.5 Å². The van der Waals surface area contributed by atoms with Gasteiger partial charge in [0.15, 0.2) is 17.3 Å². The van der Waals surface area contributed by atoms with Gasteiger partial charge in [0, 0.05) is 34.2 Å². The standard InChI is InChI=1S/C32H37NO5S/c1-19-29(32(35)38-23-8-6-5-7-9-23)30(20-10-13-24(39-4)14-11-20)31-25(33-19)16-22(17-26(31)34)21-12-15-27(36-2)28(18-21)37-3/h10-15,18,22-23,30,33H,5-9,16-17H2,1-4H3/t22-,30+/m0/s1. The van der Waals surface area contributed by atoms with Crippen LogP contribution in [-0.2, 0) is 14.3 Å². The van der Waals surface area contributed by atoms with Gasteiger partial charge in [-0.25, -0.2) is 4.79 Å². The maximum absolute atomic E-state index is 13.9. The number of methoxy groups -OCH3 is 2. The van der Waals surface area contributed by atoms with E-state index in [1.54, 1.807) is 26.0 Å². The summed E-state index contributed by atoms with van der Waals surface area (Å²) in [6.07, 6.45) is 8.16. The van der Waals surface area contributed by atoms with Crippen LogP contribution in [0.5, 0.6) is 11.5 Å². The topological polar surface area (TPSA) is 73.9 Å². The summed E-state index contributed by atoms with van der Waals surface area (Å²) in [5.74, 6) is 0.589. The molecule has 1 N–H and O–H groups in total. The molecule has 2 aromatic carbocycles. The fourth-order valence-electron chi connectivity index (χ4n) is 6.18. The molecule has 1 saturated carbocycles. The van der Waals surface area contributed by atoms with Gasteiger partial charge >= 0.3 is 5.97 Å². The molecule has 0 aromatic heterocycles. The molecule has 0 unspecified atom stereocenters.